The van der Waals surface area contributed by atoms with Crippen molar-refractivity contribution in [3.8, 4) is 0 Å². The minimum atomic E-state index is -3.57. The molecule has 0 bridgehead atoms. The lowest BCUT2D eigenvalue weighted by Gasteiger charge is -2.12. The average molecular weight is 381 g/mol. The summed E-state index contributed by atoms with van der Waals surface area (Å²) in [6.07, 6.45) is 1.67. The summed E-state index contributed by atoms with van der Waals surface area (Å²) in [6.45, 7) is 1.82. The van der Waals surface area contributed by atoms with E-state index in [9.17, 15) is 8.42 Å². The van der Waals surface area contributed by atoms with Crippen molar-refractivity contribution in [2.24, 2.45) is 0 Å². The molecular weight excluding hydrogens is 369 g/mol. The van der Waals surface area contributed by atoms with Gasteiger partial charge in [0, 0.05) is 11.4 Å². The molecule has 1 N–H and O–H groups in total. The van der Waals surface area contributed by atoms with Crippen molar-refractivity contribution < 1.29 is 8.42 Å². The third-order valence-corrected chi connectivity index (χ3v) is 5.95. The van der Waals surface area contributed by atoms with Crippen LogP contribution < -0.4 is 4.72 Å². The fraction of sp³-hybridized carbons (Fsp3) is 0.556. The summed E-state index contributed by atoms with van der Waals surface area (Å²) in [5.74, 6) is 0. The predicted octanol–water partition coefficient (Wildman–Crippen LogP) is 3.90. The minimum Gasteiger partial charge on any atom is -0.208 e. The number of halogens is 3. The Morgan fingerprint density at radius 3 is 2.65 bits per heavy atom. The van der Waals surface area contributed by atoms with E-state index in [1.807, 2.05) is 6.92 Å². The van der Waals surface area contributed by atoms with Crippen LogP contribution in [0.5, 0.6) is 0 Å². The van der Waals surface area contributed by atoms with Crippen LogP contribution in [-0.2, 0) is 10.0 Å². The van der Waals surface area contributed by atoms with E-state index in [2.05, 4.69) is 20.7 Å². The van der Waals surface area contributed by atoms with Gasteiger partial charge in [-0.2, -0.15) is 0 Å². The monoisotopic (exact) mass is 379 g/mol. The Balaban J connectivity index is 2.79. The third kappa shape index (κ3) is 4.69. The van der Waals surface area contributed by atoms with Crippen molar-refractivity contribution in [1.82, 2.24) is 4.72 Å². The van der Waals surface area contributed by atoms with Crippen molar-refractivity contribution in [1.29, 1.82) is 0 Å². The molecule has 1 aromatic rings. The highest BCUT2D eigenvalue weighted by atomic mass is 79.9. The Hall–Kier alpha value is 0.670. The molecule has 0 amide bonds. The Morgan fingerprint density at radius 1 is 1.53 bits per heavy atom. The number of alkyl halides is 1. The molecule has 1 unspecified atom stereocenters. The molecule has 0 aliphatic rings. The summed E-state index contributed by atoms with van der Waals surface area (Å²) >= 11 is 15.9. The Bertz CT molecular complexity index is 475. The third-order valence-electron chi connectivity index (χ3n) is 2.04. The lowest BCUT2D eigenvalue weighted by molar-refractivity contribution is 0.545. The zero-order chi connectivity index (χ0) is 13.1. The molecule has 0 spiro atoms. The summed E-state index contributed by atoms with van der Waals surface area (Å²) < 4.78 is 27.1. The molecule has 1 atom stereocenters. The average Bonchev–Trinajstić information content (AvgIpc) is 2.55. The first-order valence-electron chi connectivity index (χ1n) is 4.90. The van der Waals surface area contributed by atoms with Crippen molar-refractivity contribution in [3.05, 3.63) is 14.7 Å². The van der Waals surface area contributed by atoms with Gasteiger partial charge in [0.05, 0.1) is 4.34 Å². The first-order chi connectivity index (χ1) is 7.86. The summed E-state index contributed by atoms with van der Waals surface area (Å²) in [6, 6.07) is 1.24. The molecule has 1 heterocycles. The van der Waals surface area contributed by atoms with Crippen LogP contribution in [0.25, 0.3) is 0 Å². The molecule has 0 radical (unpaired) electrons. The number of hydrogen-bond donors (Lipinski definition) is 1. The lowest BCUT2D eigenvalue weighted by Crippen LogP contribution is -2.32. The van der Waals surface area contributed by atoms with E-state index < -0.39 is 10.0 Å². The van der Waals surface area contributed by atoms with Gasteiger partial charge < -0.3 is 0 Å². The molecule has 0 aromatic carbocycles. The molecule has 8 heteroatoms. The van der Waals surface area contributed by atoms with E-state index in [4.69, 9.17) is 23.2 Å². The van der Waals surface area contributed by atoms with E-state index in [-0.39, 0.29) is 15.3 Å². The van der Waals surface area contributed by atoms with Crippen molar-refractivity contribution in [2.45, 2.75) is 30.7 Å². The second kappa shape index (κ2) is 6.73. The van der Waals surface area contributed by atoms with Gasteiger partial charge in [0.2, 0.25) is 10.0 Å². The van der Waals surface area contributed by atoms with Gasteiger partial charge in [-0.15, -0.1) is 11.3 Å². The molecule has 0 saturated heterocycles. The molecular formula is C9H12BrCl2NO2S2. The number of nitrogens with one attached hydrogen (secondary N) is 1. The fourth-order valence-corrected chi connectivity index (χ4v) is 5.03. The number of hydrogen-bond acceptors (Lipinski definition) is 3. The number of rotatable bonds is 6. The van der Waals surface area contributed by atoms with Crippen molar-refractivity contribution in [2.75, 3.05) is 5.33 Å². The maximum atomic E-state index is 12.0. The maximum Gasteiger partial charge on any atom is 0.243 e. The van der Waals surface area contributed by atoms with E-state index in [0.29, 0.717) is 4.34 Å². The number of sulfonamides is 1. The van der Waals surface area contributed by atoms with E-state index in [0.717, 1.165) is 29.5 Å². The molecule has 0 fully saturated rings. The Labute approximate surface area is 124 Å². The summed E-state index contributed by atoms with van der Waals surface area (Å²) in [5, 5.41) is 0.851. The van der Waals surface area contributed by atoms with Crippen LogP contribution in [0, 0.1) is 0 Å². The fourth-order valence-electron chi connectivity index (χ4n) is 1.28. The Morgan fingerprint density at radius 2 is 2.18 bits per heavy atom. The lowest BCUT2D eigenvalue weighted by atomic mass is 10.2. The normalized spacial score (nSPS) is 13.9. The van der Waals surface area contributed by atoms with Gasteiger partial charge in [-0.1, -0.05) is 39.1 Å². The van der Waals surface area contributed by atoms with Crippen LogP contribution in [-0.4, -0.2) is 19.8 Å². The Kier molecular flexibility index (Phi) is 6.22. The molecule has 0 aliphatic carbocycles. The first-order valence-corrected chi connectivity index (χ1v) is 9.07. The molecule has 0 aliphatic heterocycles. The second-order valence-corrected chi connectivity index (χ2v) is 8.30. The van der Waals surface area contributed by atoms with Crippen LogP contribution in [0.3, 0.4) is 0 Å². The molecule has 98 valence electrons. The van der Waals surface area contributed by atoms with Crippen LogP contribution in [0.15, 0.2) is 11.0 Å². The smallest absolute Gasteiger partial charge is 0.208 e. The van der Waals surface area contributed by atoms with E-state index >= 15 is 0 Å². The van der Waals surface area contributed by atoms with Gasteiger partial charge in [0.25, 0.3) is 0 Å². The van der Waals surface area contributed by atoms with Crippen molar-refractivity contribution in [3.63, 3.8) is 0 Å². The zero-order valence-electron chi connectivity index (χ0n) is 9.04. The van der Waals surface area contributed by atoms with Gasteiger partial charge in [0.15, 0.2) is 0 Å². The zero-order valence-corrected chi connectivity index (χ0v) is 13.8. The quantitative estimate of drug-likeness (QED) is 0.760. The molecule has 17 heavy (non-hydrogen) atoms. The van der Waals surface area contributed by atoms with Gasteiger partial charge in [-0.3, -0.25) is 0 Å². The minimum absolute atomic E-state index is 0.0554. The summed E-state index contributed by atoms with van der Waals surface area (Å²) in [7, 11) is -3.57. The van der Waals surface area contributed by atoms with Crippen LogP contribution >= 0.6 is 50.5 Å². The topological polar surface area (TPSA) is 46.2 Å². The van der Waals surface area contributed by atoms with E-state index in [1.165, 1.54) is 6.07 Å². The van der Waals surface area contributed by atoms with Gasteiger partial charge >= 0.3 is 0 Å². The van der Waals surface area contributed by atoms with Crippen LogP contribution in [0.4, 0.5) is 0 Å². The first kappa shape index (κ1) is 15.7. The highest BCUT2D eigenvalue weighted by Gasteiger charge is 2.22. The largest absolute Gasteiger partial charge is 0.243 e. The van der Waals surface area contributed by atoms with Crippen molar-refractivity contribution >= 4 is 60.5 Å². The second-order valence-electron chi connectivity index (χ2n) is 3.54. The maximum absolute atomic E-state index is 12.0. The van der Waals surface area contributed by atoms with Gasteiger partial charge in [0.1, 0.15) is 9.23 Å². The van der Waals surface area contributed by atoms with Gasteiger partial charge in [-0.25, -0.2) is 13.1 Å². The summed E-state index contributed by atoms with van der Waals surface area (Å²) in [4.78, 5) is 0.0554. The van der Waals surface area contributed by atoms with Gasteiger partial charge in [-0.05, 0) is 25.8 Å². The predicted molar refractivity (Wildman–Crippen MR) is 77.2 cm³/mol. The SMILES string of the molecule is CC(CCCBr)NS(=O)(=O)c1cc(Cl)sc1Cl. The molecule has 1 aromatic heterocycles. The number of thiophene rings is 1. The highest BCUT2D eigenvalue weighted by Crippen LogP contribution is 2.34. The molecule has 1 rings (SSSR count). The standard InChI is InChI=1S/C9H12BrCl2NO2S2/c1-6(3-2-4-10)13-17(14,15)7-5-8(11)16-9(7)12/h5-6,13H,2-4H2,1H3. The highest BCUT2D eigenvalue weighted by molar-refractivity contribution is 9.09. The van der Waals surface area contributed by atoms with Crippen LogP contribution in [0.1, 0.15) is 19.8 Å². The summed E-state index contributed by atoms with van der Waals surface area (Å²) in [5.41, 5.74) is 0. The molecule has 3 nitrogen and oxygen atoms in total. The van der Waals surface area contributed by atoms with Crippen LogP contribution in [0.2, 0.25) is 8.67 Å². The van der Waals surface area contributed by atoms with E-state index in [1.54, 1.807) is 0 Å². The molecule has 0 saturated carbocycles.